The van der Waals surface area contributed by atoms with Gasteiger partial charge in [0.05, 0.1) is 30.2 Å². The van der Waals surface area contributed by atoms with E-state index in [-0.39, 0.29) is 12.4 Å². The van der Waals surface area contributed by atoms with Crippen LogP contribution in [0.25, 0.3) is 10.9 Å². The van der Waals surface area contributed by atoms with E-state index in [1.54, 1.807) is 13.0 Å². The molecule has 1 aromatic heterocycles. The maximum atomic E-state index is 11.2. The summed E-state index contributed by atoms with van der Waals surface area (Å²) in [4.78, 5) is 15.6. The van der Waals surface area contributed by atoms with E-state index < -0.39 is 0 Å². The molecule has 2 aromatic rings. The van der Waals surface area contributed by atoms with Crippen LogP contribution < -0.4 is 5.32 Å². The van der Waals surface area contributed by atoms with Gasteiger partial charge in [-0.15, -0.1) is 0 Å². The zero-order chi connectivity index (χ0) is 14.4. The van der Waals surface area contributed by atoms with Gasteiger partial charge in [0.15, 0.2) is 0 Å². The number of fused-ring (bicyclic) bond motifs is 1. The number of nitriles is 1. The molecule has 20 heavy (non-hydrogen) atoms. The fourth-order valence-electron chi connectivity index (χ4n) is 1.88. The van der Waals surface area contributed by atoms with E-state index >= 15 is 0 Å². The van der Waals surface area contributed by atoms with Gasteiger partial charge in [0.1, 0.15) is 5.82 Å². The highest BCUT2D eigenvalue weighted by molar-refractivity contribution is 5.86. The second kappa shape index (κ2) is 6.53. The van der Waals surface area contributed by atoms with Gasteiger partial charge in [0.25, 0.3) is 0 Å². The molecule has 0 unspecified atom stereocenters. The Morgan fingerprint density at radius 3 is 3.00 bits per heavy atom. The topological polar surface area (TPSA) is 75.0 Å². The van der Waals surface area contributed by atoms with E-state index in [4.69, 9.17) is 10.00 Å². The van der Waals surface area contributed by atoms with Crippen LogP contribution in [0.15, 0.2) is 30.3 Å². The largest absolute Gasteiger partial charge is 0.466 e. The highest BCUT2D eigenvalue weighted by Gasteiger charge is 2.06. The smallest absolute Gasteiger partial charge is 0.307 e. The Morgan fingerprint density at radius 1 is 1.45 bits per heavy atom. The van der Waals surface area contributed by atoms with Gasteiger partial charge in [-0.2, -0.15) is 5.26 Å². The summed E-state index contributed by atoms with van der Waals surface area (Å²) in [7, 11) is 0. The van der Waals surface area contributed by atoms with Gasteiger partial charge < -0.3 is 10.1 Å². The molecule has 0 aliphatic carbocycles. The van der Waals surface area contributed by atoms with Crippen LogP contribution in [0.3, 0.4) is 0 Å². The molecule has 102 valence electrons. The maximum Gasteiger partial charge on any atom is 0.307 e. The third-order valence-electron chi connectivity index (χ3n) is 2.78. The van der Waals surface area contributed by atoms with E-state index in [1.807, 2.05) is 24.3 Å². The van der Waals surface area contributed by atoms with Gasteiger partial charge in [-0.05, 0) is 19.1 Å². The highest BCUT2D eigenvalue weighted by atomic mass is 16.5. The lowest BCUT2D eigenvalue weighted by Gasteiger charge is -2.07. The summed E-state index contributed by atoms with van der Waals surface area (Å²) in [5, 5.41) is 13.0. The van der Waals surface area contributed by atoms with Crippen LogP contribution >= 0.6 is 0 Å². The number of hydrogen-bond donors (Lipinski definition) is 1. The predicted molar refractivity (Wildman–Crippen MR) is 76.2 cm³/mol. The maximum absolute atomic E-state index is 11.2. The van der Waals surface area contributed by atoms with Crippen LogP contribution in [0.1, 0.15) is 18.9 Å². The van der Waals surface area contributed by atoms with Crippen molar-refractivity contribution >= 4 is 22.7 Å². The molecule has 0 fully saturated rings. The quantitative estimate of drug-likeness (QED) is 0.844. The molecule has 0 aliphatic rings. The number of hydrogen-bond acceptors (Lipinski definition) is 5. The lowest BCUT2D eigenvalue weighted by molar-refractivity contribution is -0.142. The molecule has 0 spiro atoms. The van der Waals surface area contributed by atoms with Crippen molar-refractivity contribution in [1.29, 1.82) is 5.26 Å². The summed E-state index contributed by atoms with van der Waals surface area (Å²) < 4.78 is 4.84. The number of anilines is 1. The first-order chi connectivity index (χ1) is 9.74. The zero-order valence-corrected chi connectivity index (χ0v) is 11.2. The van der Waals surface area contributed by atoms with Crippen LogP contribution in [0.2, 0.25) is 0 Å². The lowest BCUT2D eigenvalue weighted by Crippen LogP contribution is -2.12. The Labute approximate surface area is 117 Å². The normalized spacial score (nSPS) is 10.0. The molecule has 5 heteroatoms. The Bertz CT molecular complexity index is 662. The van der Waals surface area contributed by atoms with Gasteiger partial charge in [-0.25, -0.2) is 4.98 Å². The van der Waals surface area contributed by atoms with Crippen molar-refractivity contribution in [3.05, 3.63) is 35.9 Å². The summed E-state index contributed by atoms with van der Waals surface area (Å²) in [5.41, 5.74) is 1.32. The van der Waals surface area contributed by atoms with Crippen LogP contribution in [-0.4, -0.2) is 24.1 Å². The Kier molecular flexibility index (Phi) is 4.51. The Morgan fingerprint density at radius 2 is 2.25 bits per heavy atom. The van der Waals surface area contributed by atoms with E-state index in [9.17, 15) is 4.79 Å². The van der Waals surface area contributed by atoms with Gasteiger partial charge in [-0.1, -0.05) is 18.2 Å². The molecule has 5 nitrogen and oxygen atoms in total. The fraction of sp³-hybridized carbons (Fsp3) is 0.267. The average molecular weight is 269 g/mol. The number of esters is 1. The summed E-state index contributed by atoms with van der Waals surface area (Å²) in [6.07, 6.45) is 0.268. The van der Waals surface area contributed by atoms with Crippen LogP contribution in [0.5, 0.6) is 0 Å². The predicted octanol–water partition coefficient (Wildman–Crippen LogP) is 2.47. The number of para-hydroxylation sites is 1. The molecule has 2 rings (SSSR count). The number of benzene rings is 1. The van der Waals surface area contributed by atoms with E-state index in [0.717, 1.165) is 10.9 Å². The third-order valence-corrected chi connectivity index (χ3v) is 2.78. The number of nitrogens with one attached hydrogen (secondary N) is 1. The highest BCUT2D eigenvalue weighted by Crippen LogP contribution is 2.19. The molecule has 0 radical (unpaired) electrons. The summed E-state index contributed by atoms with van der Waals surface area (Å²) in [6.45, 7) is 2.58. The molecule has 0 amide bonds. The van der Waals surface area contributed by atoms with Gasteiger partial charge in [-0.3, -0.25) is 4.79 Å². The summed E-state index contributed by atoms with van der Waals surface area (Å²) in [5.74, 6) is 0.339. The van der Waals surface area contributed by atoms with Crippen molar-refractivity contribution in [3.63, 3.8) is 0 Å². The number of pyridine rings is 1. The molecule has 0 saturated carbocycles. The summed E-state index contributed by atoms with van der Waals surface area (Å²) >= 11 is 0. The van der Waals surface area contributed by atoms with Crippen molar-refractivity contribution in [2.24, 2.45) is 0 Å². The zero-order valence-electron chi connectivity index (χ0n) is 11.2. The molecular formula is C15H15N3O2. The molecule has 0 saturated heterocycles. The fourth-order valence-corrected chi connectivity index (χ4v) is 1.88. The monoisotopic (exact) mass is 269 g/mol. The molecule has 0 aliphatic heterocycles. The minimum atomic E-state index is -0.249. The lowest BCUT2D eigenvalue weighted by atomic mass is 10.1. The van der Waals surface area contributed by atoms with Crippen molar-refractivity contribution in [2.45, 2.75) is 13.3 Å². The minimum Gasteiger partial charge on any atom is -0.466 e. The number of carbonyl (C=O) groups is 1. The first-order valence-electron chi connectivity index (χ1n) is 6.44. The SMILES string of the molecule is CCOC(=O)CCNc1cc(C#N)c2ccccc2n1. The molecular weight excluding hydrogens is 254 g/mol. The molecule has 0 bridgehead atoms. The Balaban J connectivity index is 2.11. The average Bonchev–Trinajstić information content (AvgIpc) is 2.46. The van der Waals surface area contributed by atoms with Crippen LogP contribution in [0, 0.1) is 11.3 Å². The van der Waals surface area contributed by atoms with Crippen molar-refractivity contribution < 1.29 is 9.53 Å². The number of rotatable bonds is 5. The molecule has 0 atom stereocenters. The number of nitrogens with zero attached hydrogens (tertiary/aromatic N) is 2. The second-order valence-electron chi connectivity index (χ2n) is 4.17. The van der Waals surface area contributed by atoms with Gasteiger partial charge in [0.2, 0.25) is 0 Å². The van der Waals surface area contributed by atoms with E-state index in [0.29, 0.717) is 24.5 Å². The van der Waals surface area contributed by atoms with Crippen LogP contribution in [0.4, 0.5) is 5.82 Å². The summed E-state index contributed by atoms with van der Waals surface area (Å²) in [6, 6.07) is 11.3. The number of aromatic nitrogens is 1. The first kappa shape index (κ1) is 13.8. The van der Waals surface area contributed by atoms with Crippen molar-refractivity contribution in [3.8, 4) is 6.07 Å². The minimum absolute atomic E-state index is 0.249. The van der Waals surface area contributed by atoms with Crippen LogP contribution in [-0.2, 0) is 9.53 Å². The van der Waals surface area contributed by atoms with Crippen molar-refractivity contribution in [2.75, 3.05) is 18.5 Å². The first-order valence-corrected chi connectivity index (χ1v) is 6.44. The molecule has 1 N–H and O–H groups in total. The number of carbonyl (C=O) groups excluding carboxylic acids is 1. The van der Waals surface area contributed by atoms with Gasteiger partial charge in [0, 0.05) is 11.9 Å². The Hall–Kier alpha value is -2.61. The van der Waals surface area contributed by atoms with Crippen molar-refractivity contribution in [1.82, 2.24) is 4.98 Å². The molecule has 1 heterocycles. The molecule has 1 aromatic carbocycles. The standard InChI is InChI=1S/C15H15N3O2/c1-2-20-15(19)7-8-17-14-9-11(10-16)12-5-3-4-6-13(12)18-14/h3-6,9H,2,7-8H2,1H3,(H,17,18). The van der Waals surface area contributed by atoms with E-state index in [2.05, 4.69) is 16.4 Å². The van der Waals surface area contributed by atoms with Gasteiger partial charge >= 0.3 is 5.97 Å². The second-order valence-corrected chi connectivity index (χ2v) is 4.17. The third kappa shape index (κ3) is 3.23. The number of ether oxygens (including phenoxy) is 1. The van der Waals surface area contributed by atoms with E-state index in [1.165, 1.54) is 0 Å².